The average molecular weight is 496 g/mol. The topological polar surface area (TPSA) is 126 Å². The molecule has 33 heavy (non-hydrogen) atoms. The van der Waals surface area contributed by atoms with Crippen molar-refractivity contribution in [3.8, 4) is 0 Å². The minimum atomic E-state index is -3.13. The highest BCUT2D eigenvalue weighted by Gasteiger charge is 2.36. The summed E-state index contributed by atoms with van der Waals surface area (Å²) in [6.07, 6.45) is 3.64. The van der Waals surface area contributed by atoms with Crippen LogP contribution in [-0.4, -0.2) is 65.4 Å². The number of likely N-dealkylation sites (N-methyl/N-ethyl adjacent to an activating group) is 1. The van der Waals surface area contributed by atoms with Crippen molar-refractivity contribution in [2.45, 2.75) is 70.9 Å². The Labute approximate surface area is 196 Å². The zero-order valence-electron chi connectivity index (χ0n) is 18.9. The monoisotopic (exact) mass is 495 g/mol. The maximum Gasteiger partial charge on any atom is 0.307 e. The van der Waals surface area contributed by atoms with Gasteiger partial charge in [0.1, 0.15) is 10.7 Å². The Morgan fingerprint density at radius 1 is 1.30 bits per heavy atom. The van der Waals surface area contributed by atoms with Crippen LogP contribution in [-0.2, 0) is 43.4 Å². The van der Waals surface area contributed by atoms with Crippen molar-refractivity contribution >= 4 is 43.3 Å². The fourth-order valence-electron chi connectivity index (χ4n) is 4.70. The molecule has 2 aromatic heterocycles. The number of sulfone groups is 1. The minimum Gasteiger partial charge on any atom is -0.453 e. The molecule has 0 bridgehead atoms. The number of carbonyl (C=O) groups is 2. The van der Waals surface area contributed by atoms with E-state index in [1.807, 2.05) is 0 Å². The Hall–Kier alpha value is -2.27. The van der Waals surface area contributed by atoms with E-state index in [2.05, 4.69) is 9.97 Å². The van der Waals surface area contributed by atoms with Crippen LogP contribution in [0.4, 0.5) is 0 Å². The molecule has 0 spiro atoms. The van der Waals surface area contributed by atoms with E-state index in [9.17, 15) is 22.8 Å². The van der Waals surface area contributed by atoms with Crippen LogP contribution in [0.15, 0.2) is 4.79 Å². The molecule has 2 aliphatic rings. The minimum absolute atomic E-state index is 0.0267. The van der Waals surface area contributed by atoms with Crippen molar-refractivity contribution < 1.29 is 22.7 Å². The van der Waals surface area contributed by atoms with Crippen LogP contribution in [0, 0.1) is 0 Å². The molecular weight excluding hydrogens is 466 g/mol. The van der Waals surface area contributed by atoms with Gasteiger partial charge >= 0.3 is 5.97 Å². The molecule has 1 aliphatic carbocycles. The van der Waals surface area contributed by atoms with Gasteiger partial charge in [0.2, 0.25) is 0 Å². The van der Waals surface area contributed by atoms with Crippen molar-refractivity contribution in [2.24, 2.45) is 0 Å². The van der Waals surface area contributed by atoms with Crippen molar-refractivity contribution in [2.75, 3.05) is 18.1 Å². The maximum atomic E-state index is 12.8. The number of rotatable bonds is 7. The number of ether oxygens (including phenoxy) is 1. The van der Waals surface area contributed by atoms with E-state index in [0.717, 1.165) is 31.2 Å². The van der Waals surface area contributed by atoms with E-state index < -0.39 is 27.8 Å². The molecule has 2 unspecified atom stereocenters. The van der Waals surface area contributed by atoms with Gasteiger partial charge in [0, 0.05) is 23.9 Å². The zero-order valence-corrected chi connectivity index (χ0v) is 20.5. The molecule has 2 aromatic rings. The lowest BCUT2D eigenvalue weighted by Gasteiger charge is -2.29. The van der Waals surface area contributed by atoms with Crippen molar-refractivity contribution in [3.63, 3.8) is 0 Å². The maximum absolute atomic E-state index is 12.8. The first kappa shape index (κ1) is 23.9. The van der Waals surface area contributed by atoms with Crippen LogP contribution < -0.4 is 5.56 Å². The van der Waals surface area contributed by atoms with Gasteiger partial charge in [0.05, 0.1) is 23.3 Å². The van der Waals surface area contributed by atoms with E-state index in [-0.39, 0.29) is 35.9 Å². The predicted octanol–water partition coefficient (Wildman–Crippen LogP) is 1.76. The number of nitrogens with one attached hydrogen (secondary N) is 1. The smallest absolute Gasteiger partial charge is 0.307 e. The molecular formula is C22H29N3O6S2. The SMILES string of the molecule is CCN(C(=O)C(C)OC(=O)CCc1nc2sc3c(c2c(=O)[nH]1)CCCC3)C1CCS(=O)(=O)C1. The van der Waals surface area contributed by atoms with Crippen molar-refractivity contribution in [1.82, 2.24) is 14.9 Å². The lowest BCUT2D eigenvalue weighted by Crippen LogP contribution is -2.46. The quantitative estimate of drug-likeness (QED) is 0.580. The summed E-state index contributed by atoms with van der Waals surface area (Å²) in [5.41, 5.74) is 0.945. The second-order valence-corrected chi connectivity index (χ2v) is 12.0. The Kier molecular flexibility index (Phi) is 6.90. The van der Waals surface area contributed by atoms with Gasteiger partial charge in [-0.25, -0.2) is 13.4 Å². The highest BCUT2D eigenvalue weighted by Crippen LogP contribution is 2.33. The molecule has 3 heterocycles. The third kappa shape index (κ3) is 5.13. The fourth-order valence-corrected chi connectivity index (χ4v) is 7.71. The first-order valence-electron chi connectivity index (χ1n) is 11.4. The second-order valence-electron chi connectivity index (χ2n) is 8.72. The highest BCUT2D eigenvalue weighted by atomic mass is 32.2. The van der Waals surface area contributed by atoms with Gasteiger partial charge in [-0.15, -0.1) is 11.3 Å². The molecule has 1 N–H and O–H groups in total. The Balaban J connectivity index is 1.36. The predicted molar refractivity (Wildman–Crippen MR) is 125 cm³/mol. The normalized spacial score (nSPS) is 20.4. The summed E-state index contributed by atoms with van der Waals surface area (Å²) in [6.45, 7) is 3.61. The molecule has 0 aromatic carbocycles. The molecule has 0 radical (unpaired) electrons. The molecule has 0 saturated carbocycles. The van der Waals surface area contributed by atoms with Crippen molar-refractivity contribution in [3.05, 3.63) is 26.6 Å². The number of esters is 1. The van der Waals surface area contributed by atoms with E-state index in [1.165, 1.54) is 16.7 Å². The molecule has 1 aliphatic heterocycles. The number of thiophene rings is 1. The number of fused-ring (bicyclic) bond motifs is 3. The summed E-state index contributed by atoms with van der Waals surface area (Å²) < 4.78 is 28.8. The molecule has 1 fully saturated rings. The van der Waals surface area contributed by atoms with Gasteiger partial charge < -0.3 is 14.6 Å². The number of hydrogen-bond acceptors (Lipinski definition) is 8. The zero-order chi connectivity index (χ0) is 23.8. The van der Waals surface area contributed by atoms with Crippen LogP contribution in [0.2, 0.25) is 0 Å². The Morgan fingerprint density at radius 3 is 2.76 bits per heavy atom. The lowest BCUT2D eigenvalue weighted by molar-refractivity contribution is -0.160. The summed E-state index contributed by atoms with van der Waals surface area (Å²) in [6, 6.07) is -0.383. The Bertz CT molecular complexity index is 1230. The van der Waals surface area contributed by atoms with Crippen LogP contribution >= 0.6 is 11.3 Å². The average Bonchev–Trinajstić information content (AvgIpc) is 3.32. The van der Waals surface area contributed by atoms with Gasteiger partial charge in [-0.1, -0.05) is 0 Å². The second kappa shape index (κ2) is 9.54. The van der Waals surface area contributed by atoms with Gasteiger partial charge in [-0.2, -0.15) is 0 Å². The number of H-pyrrole nitrogens is 1. The van der Waals surface area contributed by atoms with E-state index >= 15 is 0 Å². The first-order valence-corrected chi connectivity index (χ1v) is 14.1. The van der Waals surface area contributed by atoms with E-state index in [0.29, 0.717) is 29.0 Å². The number of aromatic amines is 1. The highest BCUT2D eigenvalue weighted by molar-refractivity contribution is 7.91. The summed E-state index contributed by atoms with van der Waals surface area (Å²) in [7, 11) is -3.13. The van der Waals surface area contributed by atoms with Gasteiger partial charge in [-0.05, 0) is 51.5 Å². The van der Waals surface area contributed by atoms with E-state index in [1.54, 1.807) is 18.3 Å². The van der Waals surface area contributed by atoms with Crippen molar-refractivity contribution in [1.29, 1.82) is 0 Å². The number of amides is 1. The standard InChI is InChI=1S/C22H29N3O6S2/c1-3-25(14-10-11-33(29,30)12-14)22(28)13(2)31-18(26)9-8-17-23-20(27)19-15-6-4-5-7-16(15)32-21(19)24-17/h13-14H,3-12H2,1-2H3,(H,23,24,27). The van der Waals surface area contributed by atoms with Crippen LogP contribution in [0.25, 0.3) is 10.2 Å². The Morgan fingerprint density at radius 2 is 2.06 bits per heavy atom. The summed E-state index contributed by atoms with van der Waals surface area (Å²) in [5.74, 6) is -0.531. The first-order chi connectivity index (χ1) is 15.7. The number of carbonyl (C=O) groups excluding carboxylic acids is 2. The number of hydrogen-bond donors (Lipinski definition) is 1. The molecule has 9 nitrogen and oxygen atoms in total. The van der Waals surface area contributed by atoms with E-state index in [4.69, 9.17) is 4.74 Å². The van der Waals surface area contributed by atoms with Gasteiger partial charge in [0.15, 0.2) is 15.9 Å². The molecule has 11 heteroatoms. The number of nitrogens with zero attached hydrogens (tertiary/aromatic N) is 2. The summed E-state index contributed by atoms with van der Waals surface area (Å²) in [4.78, 5) is 48.5. The third-order valence-corrected chi connectivity index (χ3v) is 9.30. The number of aryl methyl sites for hydroxylation is 3. The van der Waals surface area contributed by atoms with Crippen LogP contribution in [0.1, 0.15) is 55.8 Å². The largest absolute Gasteiger partial charge is 0.453 e. The van der Waals surface area contributed by atoms with Crippen LogP contribution in [0.3, 0.4) is 0 Å². The third-order valence-electron chi connectivity index (χ3n) is 6.37. The summed E-state index contributed by atoms with van der Waals surface area (Å²) >= 11 is 1.55. The molecule has 2 atom stereocenters. The molecule has 1 saturated heterocycles. The number of aromatic nitrogens is 2. The molecule has 180 valence electrons. The fraction of sp³-hybridized carbons (Fsp3) is 0.636. The summed E-state index contributed by atoms with van der Waals surface area (Å²) in [5, 5.41) is 0.675. The molecule has 4 rings (SSSR count). The van der Waals surface area contributed by atoms with Gasteiger partial charge in [0.25, 0.3) is 11.5 Å². The van der Waals surface area contributed by atoms with Crippen LogP contribution in [0.5, 0.6) is 0 Å². The van der Waals surface area contributed by atoms with Gasteiger partial charge in [-0.3, -0.25) is 14.4 Å². The molecule has 1 amide bonds. The lowest BCUT2D eigenvalue weighted by atomic mass is 9.97.